The van der Waals surface area contributed by atoms with E-state index >= 15 is 0 Å². The predicted molar refractivity (Wildman–Crippen MR) is 151 cm³/mol. The Morgan fingerprint density at radius 1 is 1.26 bits per heavy atom. The van der Waals surface area contributed by atoms with Crippen LogP contribution in [0.4, 0.5) is 0 Å². The average molecular weight is 619 g/mol. The van der Waals surface area contributed by atoms with Crippen molar-refractivity contribution in [2.75, 3.05) is 24.3 Å². The molecule has 209 valence electrons. The van der Waals surface area contributed by atoms with Gasteiger partial charge in [0.15, 0.2) is 0 Å². The van der Waals surface area contributed by atoms with Crippen LogP contribution < -0.4 is 15.3 Å². The largest absolute Gasteiger partial charge is 3.00 e. The van der Waals surface area contributed by atoms with E-state index < -0.39 is 23.0 Å². The van der Waals surface area contributed by atoms with Gasteiger partial charge in [-0.1, -0.05) is 63.7 Å². The molecule has 0 N–H and O–H groups in total. The van der Waals surface area contributed by atoms with Crippen molar-refractivity contribution >= 4 is 51.3 Å². The molecule has 0 bridgehead atoms. The number of carboxylic acid groups (broad SMARTS) is 1. The number of carbonyl (C=O) groups is 1. The standard InChI is InChI=1S/C27H38N3O4S3.Fe/c1-6-7-8-10-16-11-9-12-19(31)20(16)22-28-17(13-35-22)23-30(5)18(14-36-23)21(32)26(2,3)24-29-27(4,15-37-24)25(33)34;/h9,11-12,17-18,21,23,31H,6-8,10,13-15H2,1-5H3,(H,33,34);/q-1;+3/p-2/t17-,18+,21+,23-,27-;/m1./s1. The second-order valence-electron chi connectivity index (χ2n) is 10.9. The van der Waals surface area contributed by atoms with Crippen molar-refractivity contribution in [2.45, 2.75) is 82.5 Å². The molecule has 1 aromatic rings. The molecule has 0 amide bonds. The molecule has 0 aromatic heterocycles. The minimum absolute atomic E-state index is 0. The third-order valence-corrected chi connectivity index (χ3v) is 11.8. The first-order valence-electron chi connectivity index (χ1n) is 12.9. The van der Waals surface area contributed by atoms with Gasteiger partial charge in [-0.3, -0.25) is 14.9 Å². The molecule has 3 heterocycles. The first-order chi connectivity index (χ1) is 17.5. The van der Waals surface area contributed by atoms with Crippen LogP contribution in [0.5, 0.6) is 5.75 Å². The number of aliphatic carboxylic acids is 1. The van der Waals surface area contributed by atoms with Crippen LogP contribution in [0.1, 0.15) is 58.1 Å². The third-order valence-electron chi connectivity index (χ3n) is 7.63. The molecule has 1 aromatic carbocycles. The summed E-state index contributed by atoms with van der Waals surface area (Å²) in [5, 5.41) is 39.6. The van der Waals surface area contributed by atoms with Crippen molar-refractivity contribution in [2.24, 2.45) is 15.4 Å². The Morgan fingerprint density at radius 2 is 2.00 bits per heavy atom. The van der Waals surface area contributed by atoms with Crippen LogP contribution in [0, 0.1) is 5.41 Å². The smallest absolute Gasteiger partial charge is 0.872 e. The molecule has 7 nitrogen and oxygen atoms in total. The average Bonchev–Trinajstić information content (AvgIpc) is 3.58. The van der Waals surface area contributed by atoms with Crippen molar-refractivity contribution in [3.63, 3.8) is 0 Å². The Hall–Kier alpha value is -0.681. The summed E-state index contributed by atoms with van der Waals surface area (Å²) in [6, 6.07) is 5.28. The second kappa shape index (κ2) is 12.9. The van der Waals surface area contributed by atoms with Gasteiger partial charge in [0.1, 0.15) is 5.54 Å². The molecule has 5 atom stereocenters. The maximum absolute atomic E-state index is 13.8. The zero-order chi connectivity index (χ0) is 27.0. The molecule has 3 aliphatic heterocycles. The van der Waals surface area contributed by atoms with Crippen molar-refractivity contribution in [1.29, 1.82) is 0 Å². The second-order valence-corrected chi connectivity index (χ2v) is 14.0. The third kappa shape index (κ3) is 6.29. The molecule has 0 saturated carbocycles. The van der Waals surface area contributed by atoms with Gasteiger partial charge in [-0.05, 0) is 32.4 Å². The summed E-state index contributed by atoms with van der Waals surface area (Å²) in [5.74, 6) is 0.581. The van der Waals surface area contributed by atoms with E-state index in [0.29, 0.717) is 10.8 Å². The number of nitrogens with zero attached hydrogens (tertiary/aromatic N) is 3. The summed E-state index contributed by atoms with van der Waals surface area (Å²) in [5.41, 5.74) is -0.253. The SMILES string of the molecule is CCCCCc1cccc([O-])c1C1=N[C@@H]([C@H]2SC[C@@H]([C@H]([O-])C(C)(C)C3=N[C@@](C)(C(=O)[O-])CS3)N2C)CS1.[Fe+3]. The van der Waals surface area contributed by atoms with Gasteiger partial charge in [-0.25, -0.2) is 0 Å². The predicted octanol–water partition coefficient (Wildman–Crippen LogP) is 2.13. The number of carbonyl (C=O) groups excluding carboxylic acids is 1. The Balaban J connectivity index is 0.00000400. The fourth-order valence-electron chi connectivity index (χ4n) is 5.10. The zero-order valence-electron chi connectivity index (χ0n) is 22.5. The van der Waals surface area contributed by atoms with Gasteiger partial charge in [0, 0.05) is 34.3 Å². The summed E-state index contributed by atoms with van der Waals surface area (Å²) < 4.78 is 0. The summed E-state index contributed by atoms with van der Waals surface area (Å²) in [4.78, 5) is 23.1. The summed E-state index contributed by atoms with van der Waals surface area (Å²) in [6.45, 7) is 7.47. The molecule has 0 unspecified atom stereocenters. The molecule has 11 heteroatoms. The zero-order valence-corrected chi connectivity index (χ0v) is 26.1. The summed E-state index contributed by atoms with van der Waals surface area (Å²) in [6.07, 6.45) is 3.24. The topological polar surface area (TPSA) is 114 Å². The van der Waals surface area contributed by atoms with Gasteiger partial charge in [0.05, 0.1) is 27.5 Å². The van der Waals surface area contributed by atoms with Crippen molar-refractivity contribution in [3.8, 4) is 5.75 Å². The van der Waals surface area contributed by atoms with Crippen LogP contribution >= 0.6 is 35.3 Å². The van der Waals surface area contributed by atoms with E-state index in [-0.39, 0.29) is 46.0 Å². The van der Waals surface area contributed by atoms with Crippen LogP contribution in [-0.2, 0) is 28.3 Å². The normalized spacial score (nSPS) is 28.6. The molecular weight excluding hydrogens is 582 g/mol. The molecule has 3 aliphatic rings. The number of thioether (sulfide) groups is 3. The van der Waals surface area contributed by atoms with Crippen molar-refractivity contribution in [1.82, 2.24) is 4.90 Å². The monoisotopic (exact) mass is 618 g/mol. The first kappa shape index (κ1) is 31.8. The molecule has 38 heavy (non-hydrogen) atoms. The molecule has 0 aliphatic carbocycles. The van der Waals surface area contributed by atoms with E-state index in [9.17, 15) is 20.1 Å². The number of likely N-dealkylation sites (N-methyl/N-ethyl adjacent to an activating group) is 1. The molecule has 4 rings (SSSR count). The quantitative estimate of drug-likeness (QED) is 0.290. The fourth-order valence-corrected chi connectivity index (χ4v) is 9.33. The van der Waals surface area contributed by atoms with Crippen LogP contribution in [0.2, 0.25) is 0 Å². The van der Waals surface area contributed by atoms with Crippen LogP contribution in [0.3, 0.4) is 0 Å². The molecule has 0 spiro atoms. The van der Waals surface area contributed by atoms with Crippen molar-refractivity contribution < 1.29 is 37.2 Å². The molecule has 1 fully saturated rings. The number of benzene rings is 1. The number of hydrogen-bond acceptors (Lipinski definition) is 10. The fraction of sp³-hybridized carbons (Fsp3) is 0.667. The Kier molecular flexibility index (Phi) is 10.8. The minimum Gasteiger partial charge on any atom is -0.872 e. The van der Waals surface area contributed by atoms with E-state index in [1.165, 1.54) is 11.8 Å². The molecule has 1 saturated heterocycles. The van der Waals surface area contributed by atoms with Crippen LogP contribution in [-0.4, -0.2) is 74.4 Å². The molecule has 1 radical (unpaired) electrons. The number of unbranched alkanes of at least 4 members (excludes halogenated alkanes) is 2. The van der Waals surface area contributed by atoms with Gasteiger partial charge in [-0.15, -0.1) is 35.3 Å². The summed E-state index contributed by atoms with van der Waals surface area (Å²) >= 11 is 4.75. The van der Waals surface area contributed by atoms with E-state index in [2.05, 4.69) is 22.9 Å². The van der Waals surface area contributed by atoms with E-state index in [1.807, 2.05) is 27.0 Å². The Morgan fingerprint density at radius 3 is 2.66 bits per heavy atom. The van der Waals surface area contributed by atoms with Crippen LogP contribution in [0.15, 0.2) is 28.2 Å². The number of aryl methyl sites for hydroxylation is 1. The summed E-state index contributed by atoms with van der Waals surface area (Å²) in [7, 11) is 1.99. The number of aliphatic imine (C=N–C) groups is 2. The molecular formula is C27H36FeN3O4S3. The Labute approximate surface area is 249 Å². The maximum Gasteiger partial charge on any atom is 3.00 e. The van der Waals surface area contributed by atoms with Gasteiger partial charge >= 0.3 is 17.1 Å². The number of hydrogen-bond donors (Lipinski definition) is 0. The van der Waals surface area contributed by atoms with Crippen molar-refractivity contribution in [3.05, 3.63) is 29.3 Å². The van der Waals surface area contributed by atoms with E-state index in [1.54, 1.807) is 36.5 Å². The van der Waals surface area contributed by atoms with Gasteiger partial charge in [0.2, 0.25) is 0 Å². The van der Waals surface area contributed by atoms with Gasteiger partial charge in [-0.2, -0.15) is 0 Å². The van der Waals surface area contributed by atoms with Crippen LogP contribution in [0.25, 0.3) is 0 Å². The van der Waals surface area contributed by atoms with Gasteiger partial charge in [0.25, 0.3) is 0 Å². The number of carboxylic acids is 1. The van der Waals surface area contributed by atoms with E-state index in [0.717, 1.165) is 47.6 Å². The van der Waals surface area contributed by atoms with Gasteiger partial charge < -0.3 is 20.1 Å². The minimum atomic E-state index is -1.28. The maximum atomic E-state index is 13.8. The number of rotatable bonds is 10. The Bertz CT molecular complexity index is 1090. The first-order valence-corrected chi connectivity index (χ1v) is 16.0. The van der Waals surface area contributed by atoms with E-state index in [4.69, 9.17) is 4.99 Å².